The summed E-state index contributed by atoms with van der Waals surface area (Å²) in [6.45, 7) is 0. The maximum atomic E-state index is 6.04. The predicted octanol–water partition coefficient (Wildman–Crippen LogP) is 2.35. The van der Waals surface area contributed by atoms with Crippen molar-refractivity contribution < 1.29 is 0 Å². The molecule has 0 aliphatic carbocycles. The SMILES string of the molecule is NC(c1cnccn1)c1sccc1Br. The summed E-state index contributed by atoms with van der Waals surface area (Å²) in [6, 6.07) is 1.79. The Morgan fingerprint density at radius 3 is 2.86 bits per heavy atom. The molecule has 2 rings (SSSR count). The number of rotatable bonds is 2. The molecule has 5 heteroatoms. The van der Waals surface area contributed by atoms with Crippen LogP contribution < -0.4 is 5.73 Å². The van der Waals surface area contributed by atoms with E-state index in [0.29, 0.717) is 0 Å². The van der Waals surface area contributed by atoms with Crippen molar-refractivity contribution in [2.75, 3.05) is 0 Å². The zero-order chi connectivity index (χ0) is 9.97. The van der Waals surface area contributed by atoms with Gasteiger partial charge in [0.05, 0.1) is 17.9 Å². The number of aromatic nitrogens is 2. The van der Waals surface area contributed by atoms with Crippen LogP contribution in [0.2, 0.25) is 0 Å². The molecule has 14 heavy (non-hydrogen) atoms. The van der Waals surface area contributed by atoms with Gasteiger partial charge in [0.1, 0.15) is 0 Å². The zero-order valence-corrected chi connectivity index (χ0v) is 9.62. The second-order valence-corrected chi connectivity index (χ2v) is 4.54. The number of thiophene rings is 1. The van der Waals surface area contributed by atoms with E-state index in [2.05, 4.69) is 25.9 Å². The van der Waals surface area contributed by atoms with Crippen LogP contribution in [0.5, 0.6) is 0 Å². The molecule has 2 aromatic rings. The van der Waals surface area contributed by atoms with Crippen molar-refractivity contribution in [1.82, 2.24) is 9.97 Å². The first kappa shape index (κ1) is 9.76. The van der Waals surface area contributed by atoms with Gasteiger partial charge in [-0.25, -0.2) is 0 Å². The molecule has 0 saturated carbocycles. The Morgan fingerprint density at radius 2 is 2.29 bits per heavy atom. The van der Waals surface area contributed by atoms with Crippen molar-refractivity contribution >= 4 is 27.3 Å². The molecule has 0 saturated heterocycles. The molecule has 0 aliphatic rings. The molecule has 0 spiro atoms. The third kappa shape index (κ3) is 1.84. The summed E-state index contributed by atoms with van der Waals surface area (Å²) in [6.07, 6.45) is 4.98. The van der Waals surface area contributed by atoms with Gasteiger partial charge in [-0.05, 0) is 27.4 Å². The molecule has 0 amide bonds. The largest absolute Gasteiger partial charge is 0.318 e. The fourth-order valence-electron chi connectivity index (χ4n) is 1.13. The smallest absolute Gasteiger partial charge is 0.0847 e. The van der Waals surface area contributed by atoms with Crippen LogP contribution in [-0.4, -0.2) is 9.97 Å². The lowest BCUT2D eigenvalue weighted by Crippen LogP contribution is -2.12. The summed E-state index contributed by atoms with van der Waals surface area (Å²) in [5.41, 5.74) is 6.83. The van der Waals surface area contributed by atoms with Gasteiger partial charge in [-0.1, -0.05) is 0 Å². The number of hydrogen-bond donors (Lipinski definition) is 1. The minimum atomic E-state index is -0.196. The van der Waals surface area contributed by atoms with Crippen molar-refractivity contribution in [3.8, 4) is 0 Å². The first-order valence-electron chi connectivity index (χ1n) is 4.03. The van der Waals surface area contributed by atoms with Crippen LogP contribution >= 0.6 is 27.3 Å². The minimum absolute atomic E-state index is 0.196. The first-order chi connectivity index (χ1) is 6.79. The maximum absolute atomic E-state index is 6.04. The minimum Gasteiger partial charge on any atom is -0.318 e. The molecule has 0 bridgehead atoms. The summed E-state index contributed by atoms with van der Waals surface area (Å²) in [7, 11) is 0. The lowest BCUT2D eigenvalue weighted by Gasteiger charge is -2.08. The van der Waals surface area contributed by atoms with Crippen LogP contribution in [0.4, 0.5) is 0 Å². The molecule has 0 aliphatic heterocycles. The quantitative estimate of drug-likeness (QED) is 0.911. The van der Waals surface area contributed by atoms with Crippen molar-refractivity contribution in [1.29, 1.82) is 0 Å². The molecule has 2 N–H and O–H groups in total. The van der Waals surface area contributed by atoms with Crippen LogP contribution in [-0.2, 0) is 0 Å². The van der Waals surface area contributed by atoms with Crippen LogP contribution in [0, 0.1) is 0 Å². The number of nitrogens with two attached hydrogens (primary N) is 1. The molecule has 0 fully saturated rings. The van der Waals surface area contributed by atoms with E-state index < -0.39 is 0 Å². The number of hydrogen-bond acceptors (Lipinski definition) is 4. The van der Waals surface area contributed by atoms with Crippen molar-refractivity contribution in [3.63, 3.8) is 0 Å². The van der Waals surface area contributed by atoms with Crippen LogP contribution in [0.1, 0.15) is 16.6 Å². The van der Waals surface area contributed by atoms with E-state index in [1.165, 1.54) is 0 Å². The Bertz CT molecular complexity index is 415. The molecule has 2 heterocycles. The Morgan fingerprint density at radius 1 is 1.43 bits per heavy atom. The average Bonchev–Trinajstić information content (AvgIpc) is 2.65. The second kappa shape index (κ2) is 4.16. The Balaban J connectivity index is 2.34. The van der Waals surface area contributed by atoms with Gasteiger partial charge in [-0.2, -0.15) is 0 Å². The summed E-state index contributed by atoms with van der Waals surface area (Å²) < 4.78 is 1.03. The van der Waals surface area contributed by atoms with Crippen molar-refractivity contribution in [2.45, 2.75) is 6.04 Å². The third-order valence-corrected chi connectivity index (χ3v) is 3.78. The summed E-state index contributed by atoms with van der Waals surface area (Å²) in [5.74, 6) is 0. The molecule has 3 nitrogen and oxygen atoms in total. The van der Waals surface area contributed by atoms with E-state index in [4.69, 9.17) is 5.73 Å². The van der Waals surface area contributed by atoms with Gasteiger partial charge in [-0.15, -0.1) is 11.3 Å². The summed E-state index contributed by atoms with van der Waals surface area (Å²) >= 11 is 5.06. The van der Waals surface area contributed by atoms with Gasteiger partial charge < -0.3 is 5.73 Å². The zero-order valence-electron chi connectivity index (χ0n) is 7.22. The van der Waals surface area contributed by atoms with Crippen molar-refractivity contribution in [3.05, 3.63) is 45.1 Å². The van der Waals surface area contributed by atoms with Gasteiger partial charge >= 0.3 is 0 Å². The predicted molar refractivity (Wildman–Crippen MR) is 60.1 cm³/mol. The molecule has 72 valence electrons. The lowest BCUT2D eigenvalue weighted by atomic mass is 10.2. The topological polar surface area (TPSA) is 51.8 Å². The van der Waals surface area contributed by atoms with E-state index in [9.17, 15) is 0 Å². The van der Waals surface area contributed by atoms with Gasteiger partial charge in [0, 0.05) is 21.7 Å². The van der Waals surface area contributed by atoms with Gasteiger partial charge in [0.2, 0.25) is 0 Å². The monoisotopic (exact) mass is 269 g/mol. The van der Waals surface area contributed by atoms with E-state index in [-0.39, 0.29) is 6.04 Å². The number of halogens is 1. The van der Waals surface area contributed by atoms with Gasteiger partial charge in [0.25, 0.3) is 0 Å². The number of nitrogens with zero attached hydrogens (tertiary/aromatic N) is 2. The fraction of sp³-hybridized carbons (Fsp3) is 0.111. The highest BCUT2D eigenvalue weighted by molar-refractivity contribution is 9.10. The molecular weight excluding hydrogens is 262 g/mol. The van der Waals surface area contributed by atoms with Crippen LogP contribution in [0.3, 0.4) is 0 Å². The molecule has 1 unspecified atom stereocenters. The Labute approximate surface area is 94.1 Å². The highest BCUT2D eigenvalue weighted by atomic mass is 79.9. The van der Waals surface area contributed by atoms with Crippen LogP contribution in [0.25, 0.3) is 0 Å². The third-order valence-electron chi connectivity index (χ3n) is 1.83. The van der Waals surface area contributed by atoms with Crippen LogP contribution in [0.15, 0.2) is 34.5 Å². The van der Waals surface area contributed by atoms with Crippen molar-refractivity contribution in [2.24, 2.45) is 5.73 Å². The maximum Gasteiger partial charge on any atom is 0.0847 e. The average molecular weight is 270 g/mol. The van der Waals surface area contributed by atoms with Gasteiger partial charge in [0.15, 0.2) is 0 Å². The lowest BCUT2D eigenvalue weighted by molar-refractivity contribution is 0.831. The fourth-order valence-corrected chi connectivity index (χ4v) is 2.77. The van der Waals surface area contributed by atoms with E-state index in [1.807, 2.05) is 11.4 Å². The van der Waals surface area contributed by atoms with Gasteiger partial charge in [-0.3, -0.25) is 9.97 Å². The normalized spacial score (nSPS) is 12.7. The molecule has 0 radical (unpaired) electrons. The molecule has 1 atom stereocenters. The highest BCUT2D eigenvalue weighted by Crippen LogP contribution is 2.30. The summed E-state index contributed by atoms with van der Waals surface area (Å²) in [5, 5.41) is 2.00. The second-order valence-electron chi connectivity index (χ2n) is 2.74. The molecular formula is C9H8BrN3S. The molecule has 2 aromatic heterocycles. The molecule has 0 aromatic carbocycles. The Kier molecular flexibility index (Phi) is 2.90. The van der Waals surface area contributed by atoms with E-state index >= 15 is 0 Å². The summed E-state index contributed by atoms with van der Waals surface area (Å²) in [4.78, 5) is 9.24. The Hall–Kier alpha value is -0.780. The highest BCUT2D eigenvalue weighted by Gasteiger charge is 2.14. The first-order valence-corrected chi connectivity index (χ1v) is 5.70. The van der Waals surface area contributed by atoms with E-state index in [0.717, 1.165) is 15.0 Å². The van der Waals surface area contributed by atoms with E-state index in [1.54, 1.807) is 29.9 Å². The standard InChI is InChI=1S/C9H8BrN3S/c10-6-1-4-14-9(6)8(11)7-5-12-2-3-13-7/h1-5,8H,11H2.